The first-order valence-corrected chi connectivity index (χ1v) is 28.1. The second kappa shape index (κ2) is 24.4. The number of ether oxygens (including phenoxy) is 2. The highest BCUT2D eigenvalue weighted by Gasteiger charge is 2.55. The average molecular weight is 933 g/mol. The number of hydrogen-bond donors (Lipinski definition) is 0. The minimum Gasteiger partial charge on any atom is -0.497 e. The highest BCUT2D eigenvalue weighted by molar-refractivity contribution is 5.93. The van der Waals surface area contributed by atoms with E-state index < -0.39 is 0 Å². The fourth-order valence-electron chi connectivity index (χ4n) is 14.9. The Morgan fingerprint density at radius 1 is 0.485 bits per heavy atom. The van der Waals surface area contributed by atoms with E-state index in [0.717, 1.165) is 87.1 Å². The largest absolute Gasteiger partial charge is 0.497 e. The molecule has 0 bridgehead atoms. The first kappa shape index (κ1) is 50.7. The lowest BCUT2D eigenvalue weighted by molar-refractivity contribution is -0.144. The third-order valence-corrected chi connectivity index (χ3v) is 18.9. The monoisotopic (exact) mass is 933 g/mol. The summed E-state index contributed by atoms with van der Waals surface area (Å²) in [7, 11) is 3.51. The topological polar surface area (TPSA) is 95.8 Å². The van der Waals surface area contributed by atoms with E-state index in [9.17, 15) is 9.59 Å². The van der Waals surface area contributed by atoms with Gasteiger partial charge in [-0.2, -0.15) is 0 Å². The summed E-state index contributed by atoms with van der Waals surface area (Å²) >= 11 is 0. The van der Waals surface area contributed by atoms with Crippen molar-refractivity contribution in [3.63, 3.8) is 0 Å². The van der Waals surface area contributed by atoms with E-state index in [-0.39, 0.29) is 22.8 Å². The molecule has 6 aliphatic carbocycles. The van der Waals surface area contributed by atoms with E-state index >= 15 is 0 Å². The van der Waals surface area contributed by atoms with Crippen molar-refractivity contribution in [1.82, 2.24) is 0 Å². The maximum Gasteiger partial charge on any atom is 0.335 e. The molecule has 8 nitrogen and oxygen atoms in total. The number of oxime groups is 2. The second-order valence-electron chi connectivity index (χ2n) is 22.8. The van der Waals surface area contributed by atoms with Gasteiger partial charge >= 0.3 is 11.9 Å². The molecule has 0 radical (unpaired) electrons. The fraction of sp³-hybridized carbons (Fsp3) is 0.733. The van der Waals surface area contributed by atoms with Crippen LogP contribution in [0.1, 0.15) is 241 Å². The summed E-state index contributed by atoms with van der Waals surface area (Å²) in [4.78, 5) is 36.4. The smallest absolute Gasteiger partial charge is 0.335 e. The highest BCUT2D eigenvalue weighted by Crippen LogP contribution is 2.61. The summed E-state index contributed by atoms with van der Waals surface area (Å²) in [5.74, 6) is 5.52. The summed E-state index contributed by atoms with van der Waals surface area (Å²) < 4.78 is 11.0. The molecule has 6 aliphatic rings. The van der Waals surface area contributed by atoms with Gasteiger partial charge in [0.1, 0.15) is 11.5 Å². The van der Waals surface area contributed by atoms with Crippen LogP contribution in [0.2, 0.25) is 0 Å². The Bertz CT molecular complexity index is 1900. The predicted octanol–water partition coefficient (Wildman–Crippen LogP) is 15.7. The first-order chi connectivity index (χ1) is 33.2. The molecule has 0 heterocycles. The molecule has 2 aromatic rings. The number of benzene rings is 2. The van der Waals surface area contributed by atoms with Crippen molar-refractivity contribution in [2.75, 3.05) is 14.2 Å². The lowest BCUT2D eigenvalue weighted by Gasteiger charge is -2.49. The molecular formula is C60H88N2O6. The van der Waals surface area contributed by atoms with Crippen molar-refractivity contribution in [3.8, 4) is 11.5 Å². The van der Waals surface area contributed by atoms with E-state index in [1.165, 1.54) is 151 Å². The van der Waals surface area contributed by atoms with Crippen molar-refractivity contribution in [2.45, 2.75) is 231 Å². The van der Waals surface area contributed by atoms with Crippen LogP contribution in [0.4, 0.5) is 0 Å². The summed E-state index contributed by atoms with van der Waals surface area (Å²) in [5.41, 5.74) is 8.41. The molecule has 0 aliphatic heterocycles. The molecule has 0 amide bonds. The van der Waals surface area contributed by atoms with Gasteiger partial charge in [0.25, 0.3) is 0 Å². The zero-order valence-corrected chi connectivity index (χ0v) is 42.9. The first-order valence-electron chi connectivity index (χ1n) is 28.1. The molecule has 0 N–H and O–H groups in total. The zero-order valence-electron chi connectivity index (χ0n) is 42.9. The van der Waals surface area contributed by atoms with Gasteiger partial charge in [0.15, 0.2) is 0 Å². The lowest BCUT2D eigenvalue weighted by Crippen LogP contribution is -2.42. The molecule has 0 aromatic heterocycles. The van der Waals surface area contributed by atoms with Crippen LogP contribution in [-0.2, 0) is 32.1 Å². The zero-order chi connectivity index (χ0) is 47.4. The Balaban J connectivity index is 0.574. The van der Waals surface area contributed by atoms with Gasteiger partial charge in [-0.15, -0.1) is 0 Å². The number of nitrogens with zero attached hydrogens (tertiary/aromatic N) is 2. The summed E-state index contributed by atoms with van der Waals surface area (Å²) in [6, 6.07) is 13.4. The summed E-state index contributed by atoms with van der Waals surface area (Å²) in [6.45, 7) is 4.79. The van der Waals surface area contributed by atoms with Crippen LogP contribution in [-0.4, -0.2) is 37.6 Å². The minimum absolute atomic E-state index is 0.0615. The number of unbranched alkanes of at least 4 members (excludes halogenated alkanes) is 17. The minimum atomic E-state index is -0.158. The standard InChI is InChI=1S/C60H88N2O6/c1-59-39-37-49-47-31-27-45(65-3)41-43(47)25-29-51(49)53(59)33-35-55(59)61-67-57(63)23-21-19-17-15-13-11-9-7-5-6-8-10-12-14-16-18-20-22-24-58(64)68-62-56-36-34-54-52-30-26-44-42-46(66-4)28-32-48(44)50(52)38-40-60(54,56)2/h27-28,31-32,41-42,49-54H,5-26,29-30,33-40H2,1-4H3/b61-55-,62-56+/t49-,50-,51-,52-,53+,54+,59+,60+/m1/s1. The number of fused-ring (bicyclic) bond motifs is 10. The van der Waals surface area contributed by atoms with Gasteiger partial charge in [-0.3, -0.25) is 0 Å². The van der Waals surface area contributed by atoms with Crippen LogP contribution in [0.5, 0.6) is 11.5 Å². The molecule has 0 spiro atoms. The van der Waals surface area contributed by atoms with Gasteiger partial charge < -0.3 is 19.1 Å². The maximum atomic E-state index is 12.7. The normalized spacial score (nSPS) is 29.1. The molecule has 8 rings (SSSR count). The van der Waals surface area contributed by atoms with Crippen LogP contribution in [0.15, 0.2) is 46.7 Å². The number of rotatable bonds is 25. The van der Waals surface area contributed by atoms with Crippen LogP contribution in [0.3, 0.4) is 0 Å². The molecule has 4 saturated carbocycles. The van der Waals surface area contributed by atoms with Gasteiger partial charge in [0.2, 0.25) is 0 Å². The number of methoxy groups -OCH3 is 2. The molecule has 8 heteroatoms. The van der Waals surface area contributed by atoms with Gasteiger partial charge in [0.05, 0.1) is 25.6 Å². The number of hydrogen-bond acceptors (Lipinski definition) is 8. The Hall–Kier alpha value is -3.68. The fourth-order valence-corrected chi connectivity index (χ4v) is 14.9. The molecular weight excluding hydrogens is 845 g/mol. The average Bonchev–Trinajstić information content (AvgIpc) is 3.89. The highest BCUT2D eigenvalue weighted by atomic mass is 16.7. The van der Waals surface area contributed by atoms with E-state index in [0.29, 0.717) is 48.3 Å². The molecule has 2 aromatic carbocycles. The molecule has 68 heavy (non-hydrogen) atoms. The van der Waals surface area contributed by atoms with Crippen molar-refractivity contribution < 1.29 is 28.7 Å². The molecule has 374 valence electrons. The third kappa shape index (κ3) is 12.1. The van der Waals surface area contributed by atoms with Gasteiger partial charge in [-0.1, -0.05) is 139 Å². The molecule has 4 fully saturated rings. The van der Waals surface area contributed by atoms with Crippen LogP contribution >= 0.6 is 0 Å². The Kier molecular flexibility index (Phi) is 18.2. The van der Waals surface area contributed by atoms with E-state index in [4.69, 9.17) is 19.1 Å². The van der Waals surface area contributed by atoms with Crippen molar-refractivity contribution in [2.24, 2.45) is 44.8 Å². The third-order valence-electron chi connectivity index (χ3n) is 18.9. The van der Waals surface area contributed by atoms with Crippen LogP contribution in [0.25, 0.3) is 0 Å². The van der Waals surface area contributed by atoms with E-state index in [1.807, 2.05) is 0 Å². The Morgan fingerprint density at radius 3 is 1.19 bits per heavy atom. The van der Waals surface area contributed by atoms with Crippen molar-refractivity contribution in [1.29, 1.82) is 0 Å². The van der Waals surface area contributed by atoms with Crippen molar-refractivity contribution >= 4 is 23.4 Å². The lowest BCUT2D eigenvalue weighted by atomic mass is 9.55. The predicted molar refractivity (Wildman–Crippen MR) is 275 cm³/mol. The van der Waals surface area contributed by atoms with E-state index in [1.54, 1.807) is 14.2 Å². The van der Waals surface area contributed by atoms with E-state index in [2.05, 4.69) is 60.6 Å². The van der Waals surface area contributed by atoms with Crippen molar-refractivity contribution in [3.05, 3.63) is 58.7 Å². The Morgan fingerprint density at radius 2 is 0.838 bits per heavy atom. The number of aryl methyl sites for hydroxylation is 2. The summed E-state index contributed by atoms with van der Waals surface area (Å²) in [5, 5.41) is 9.11. The van der Waals surface area contributed by atoms with Crippen LogP contribution < -0.4 is 9.47 Å². The SMILES string of the molecule is COc1ccc2c(c1)CC[C@@H]1[C@@H]2CC[C@]2(C)/C(=N\OC(=O)CCCCCCCCCCCCCCCCCCCCC(=O)O/N=C3\CC[C@H]4[C@@H]5CCc6cc(OC)ccc6[C@H]5CC[C@]34C)CC[C@@H]12. The maximum absolute atomic E-state index is 12.7. The quantitative estimate of drug-likeness (QED) is 0.0559. The van der Waals surface area contributed by atoms with Gasteiger partial charge in [0, 0.05) is 23.7 Å². The molecule has 0 saturated heterocycles. The summed E-state index contributed by atoms with van der Waals surface area (Å²) in [6.07, 6.45) is 37.0. The van der Waals surface area contributed by atoms with Gasteiger partial charge in [-0.25, -0.2) is 9.59 Å². The molecule has 0 unspecified atom stereocenters. The molecule has 8 atom stereocenters. The second-order valence-corrected chi connectivity index (χ2v) is 22.8. The Labute approximate surface area is 410 Å². The van der Waals surface area contributed by atoms with Gasteiger partial charge in [-0.05, 0) is 172 Å². The van der Waals surface area contributed by atoms with Crippen LogP contribution in [0, 0.1) is 34.5 Å². The number of carbonyl (C=O) groups is 2. The number of carbonyl (C=O) groups excluding carboxylic acids is 2.